The normalized spacial score (nSPS) is 11.7. The number of quaternary nitrogens is 1. The predicted octanol–water partition coefficient (Wildman–Crippen LogP) is -1.44. The number of hydrogen-bond donors (Lipinski definition) is 1. The van der Waals surface area contributed by atoms with E-state index in [0.717, 1.165) is 18.9 Å². The van der Waals surface area contributed by atoms with Gasteiger partial charge in [0.15, 0.2) is 0 Å². The van der Waals surface area contributed by atoms with Gasteiger partial charge in [0.2, 0.25) is 0 Å². The molecule has 1 rings (SSSR count). The minimum atomic E-state index is 0. The highest BCUT2D eigenvalue weighted by Gasteiger charge is 2.06. The van der Waals surface area contributed by atoms with Crippen LogP contribution in [0.15, 0.2) is 18.2 Å². The van der Waals surface area contributed by atoms with Gasteiger partial charge in [-0.15, -0.1) is 0 Å². The van der Waals surface area contributed by atoms with Crippen LogP contribution in [0.4, 0.5) is 0 Å². The number of rotatable bonds is 4. The Morgan fingerprint density at radius 3 is 2.27 bits per heavy atom. The molecule has 3 N–H and O–H groups in total. The van der Waals surface area contributed by atoms with Gasteiger partial charge >= 0.3 is 0 Å². The van der Waals surface area contributed by atoms with Crippen LogP contribution in [-0.2, 0) is 0 Å². The smallest absolute Gasteiger partial charge is 0.125 e. The van der Waals surface area contributed by atoms with Gasteiger partial charge in [-0.2, -0.15) is 0 Å². The maximum atomic E-state index is 5.78. The average Bonchev–Trinajstić information content (AvgIpc) is 2.16. The van der Waals surface area contributed by atoms with Gasteiger partial charge in [-0.05, 0) is 25.0 Å². The summed E-state index contributed by atoms with van der Waals surface area (Å²) in [5, 5.41) is 0. The molecular formula is C12H20ClNO. The van der Waals surface area contributed by atoms with E-state index in [1.54, 1.807) is 0 Å². The molecule has 3 heteroatoms. The van der Waals surface area contributed by atoms with Crippen LogP contribution >= 0.6 is 0 Å². The third kappa shape index (κ3) is 4.10. The molecule has 0 bridgehead atoms. The number of para-hydroxylation sites is 1. The molecule has 0 spiro atoms. The molecule has 0 unspecified atom stereocenters. The van der Waals surface area contributed by atoms with Gasteiger partial charge in [-0.25, -0.2) is 0 Å². The molecule has 0 fully saturated rings. The summed E-state index contributed by atoms with van der Waals surface area (Å²) in [4.78, 5) is 0. The Morgan fingerprint density at radius 1 is 1.27 bits per heavy atom. The Balaban J connectivity index is 0.00000196. The second-order valence-electron chi connectivity index (χ2n) is 3.93. The molecule has 1 aromatic rings. The van der Waals surface area contributed by atoms with Gasteiger partial charge in [0.25, 0.3) is 0 Å². The highest BCUT2D eigenvalue weighted by Crippen LogP contribution is 2.22. The lowest BCUT2D eigenvalue weighted by Gasteiger charge is -2.13. The largest absolute Gasteiger partial charge is 1.00 e. The van der Waals surface area contributed by atoms with Crippen molar-refractivity contribution in [1.82, 2.24) is 0 Å². The molecule has 0 saturated heterocycles. The highest BCUT2D eigenvalue weighted by molar-refractivity contribution is 5.39. The van der Waals surface area contributed by atoms with Crippen LogP contribution < -0.4 is 22.9 Å². The van der Waals surface area contributed by atoms with E-state index in [0.29, 0.717) is 5.92 Å². The molecule has 0 amide bonds. The molecule has 0 radical (unpaired) electrons. The van der Waals surface area contributed by atoms with Gasteiger partial charge in [-0.3, -0.25) is 0 Å². The third-order valence-corrected chi connectivity index (χ3v) is 2.41. The number of halogens is 1. The fraction of sp³-hybridized carbons (Fsp3) is 0.500. The quantitative estimate of drug-likeness (QED) is 0.675. The van der Waals surface area contributed by atoms with Crippen LogP contribution in [0.25, 0.3) is 0 Å². The van der Waals surface area contributed by atoms with Crippen molar-refractivity contribution in [3.63, 3.8) is 0 Å². The zero-order valence-electron chi connectivity index (χ0n) is 9.72. The maximum Gasteiger partial charge on any atom is 0.125 e. The van der Waals surface area contributed by atoms with Crippen LogP contribution in [0.1, 0.15) is 18.1 Å². The van der Waals surface area contributed by atoms with Crippen LogP contribution in [-0.4, -0.2) is 13.2 Å². The monoisotopic (exact) mass is 229 g/mol. The zero-order chi connectivity index (χ0) is 10.6. The van der Waals surface area contributed by atoms with Crippen molar-refractivity contribution in [3.05, 3.63) is 29.3 Å². The molecule has 0 aliphatic rings. The summed E-state index contributed by atoms with van der Waals surface area (Å²) >= 11 is 0. The minimum absolute atomic E-state index is 0. The van der Waals surface area contributed by atoms with Crippen LogP contribution in [0.2, 0.25) is 0 Å². The van der Waals surface area contributed by atoms with Gasteiger partial charge < -0.3 is 22.9 Å². The summed E-state index contributed by atoms with van der Waals surface area (Å²) in [5.74, 6) is 1.56. The first-order valence-electron chi connectivity index (χ1n) is 5.13. The molecule has 1 atom stereocenters. The van der Waals surface area contributed by atoms with Gasteiger partial charge in [0.05, 0.1) is 13.2 Å². The van der Waals surface area contributed by atoms with E-state index < -0.39 is 0 Å². The number of benzene rings is 1. The molecule has 0 aromatic heterocycles. The van der Waals surface area contributed by atoms with Crippen molar-refractivity contribution in [1.29, 1.82) is 0 Å². The topological polar surface area (TPSA) is 36.9 Å². The van der Waals surface area contributed by atoms with E-state index >= 15 is 0 Å². The third-order valence-electron chi connectivity index (χ3n) is 2.41. The fourth-order valence-corrected chi connectivity index (χ4v) is 1.34. The van der Waals surface area contributed by atoms with E-state index in [4.69, 9.17) is 4.74 Å². The van der Waals surface area contributed by atoms with E-state index in [2.05, 4.69) is 44.7 Å². The Kier molecular flexibility index (Phi) is 6.37. The summed E-state index contributed by atoms with van der Waals surface area (Å²) in [6, 6.07) is 6.22. The first kappa shape index (κ1) is 14.3. The lowest BCUT2D eigenvalue weighted by atomic mass is 10.1. The van der Waals surface area contributed by atoms with Crippen molar-refractivity contribution < 1.29 is 22.9 Å². The van der Waals surface area contributed by atoms with Crippen LogP contribution in [0, 0.1) is 19.8 Å². The van der Waals surface area contributed by atoms with Crippen molar-refractivity contribution in [2.75, 3.05) is 13.2 Å². The first-order chi connectivity index (χ1) is 6.65. The van der Waals surface area contributed by atoms with Gasteiger partial charge in [0.1, 0.15) is 5.75 Å². The fourth-order valence-electron chi connectivity index (χ4n) is 1.34. The summed E-state index contributed by atoms with van der Waals surface area (Å²) in [6.45, 7) is 8.00. The number of ether oxygens (including phenoxy) is 1. The summed E-state index contributed by atoms with van der Waals surface area (Å²) in [7, 11) is 0. The Morgan fingerprint density at radius 2 is 1.80 bits per heavy atom. The minimum Gasteiger partial charge on any atom is -1.00 e. The molecule has 86 valence electrons. The second-order valence-corrected chi connectivity index (χ2v) is 3.93. The standard InChI is InChI=1S/C12H19NO.ClH/c1-9(7-13)8-14-12-10(2)5-4-6-11(12)3;/h4-6,9H,7-8,13H2,1-3H3;1H/t9-;/m1./s1. The molecular weight excluding hydrogens is 210 g/mol. The molecule has 15 heavy (non-hydrogen) atoms. The van der Waals surface area contributed by atoms with Crippen LogP contribution in [0.5, 0.6) is 5.75 Å². The van der Waals surface area contributed by atoms with Crippen LogP contribution in [0.3, 0.4) is 0 Å². The molecule has 0 aliphatic heterocycles. The van der Waals surface area contributed by atoms with Crippen molar-refractivity contribution >= 4 is 0 Å². The van der Waals surface area contributed by atoms with E-state index in [1.165, 1.54) is 11.1 Å². The molecule has 0 saturated carbocycles. The van der Waals surface area contributed by atoms with Crippen molar-refractivity contribution in [2.24, 2.45) is 5.92 Å². The van der Waals surface area contributed by atoms with Gasteiger partial charge in [-0.1, -0.05) is 25.1 Å². The number of hydrogen-bond acceptors (Lipinski definition) is 1. The molecule has 1 aromatic carbocycles. The molecule has 0 heterocycles. The van der Waals surface area contributed by atoms with Gasteiger partial charge in [0, 0.05) is 5.92 Å². The first-order valence-corrected chi connectivity index (χ1v) is 5.13. The SMILES string of the molecule is Cc1cccc(C)c1OC[C@H](C)C[NH3+].[Cl-]. The second kappa shape index (κ2) is 6.70. The average molecular weight is 230 g/mol. The van der Waals surface area contributed by atoms with E-state index in [9.17, 15) is 0 Å². The predicted molar refractivity (Wildman–Crippen MR) is 58.3 cm³/mol. The van der Waals surface area contributed by atoms with Crippen molar-refractivity contribution in [2.45, 2.75) is 20.8 Å². The Bertz CT molecular complexity index is 281. The summed E-state index contributed by atoms with van der Waals surface area (Å²) < 4.78 is 5.78. The lowest BCUT2D eigenvalue weighted by Crippen LogP contribution is -3.00. The van der Waals surface area contributed by atoms with E-state index in [1.807, 2.05) is 0 Å². The molecule has 0 aliphatic carbocycles. The zero-order valence-corrected chi connectivity index (χ0v) is 10.5. The lowest BCUT2D eigenvalue weighted by molar-refractivity contribution is -0.378. The van der Waals surface area contributed by atoms with Crippen molar-refractivity contribution in [3.8, 4) is 5.75 Å². The Hall–Kier alpha value is -0.730. The van der Waals surface area contributed by atoms with E-state index in [-0.39, 0.29) is 12.4 Å². The number of aryl methyl sites for hydroxylation is 2. The highest BCUT2D eigenvalue weighted by atomic mass is 35.5. The summed E-state index contributed by atoms with van der Waals surface area (Å²) in [6.07, 6.45) is 0. The Labute approximate surface area is 98.2 Å². The summed E-state index contributed by atoms with van der Waals surface area (Å²) in [5.41, 5.74) is 6.28. The molecule has 2 nitrogen and oxygen atoms in total. The maximum absolute atomic E-state index is 5.78.